The lowest BCUT2D eigenvalue weighted by Crippen LogP contribution is -2.27. The normalized spacial score (nSPS) is 10.9. The van der Waals surface area contributed by atoms with Crippen LogP contribution in [0.2, 0.25) is 0 Å². The fraction of sp³-hybridized carbons (Fsp3) is 0.400. The second-order valence-corrected chi connectivity index (χ2v) is 5.02. The fourth-order valence-corrected chi connectivity index (χ4v) is 2.27. The Morgan fingerprint density at radius 1 is 1.35 bits per heavy atom. The molecule has 0 fully saturated rings. The van der Waals surface area contributed by atoms with Gasteiger partial charge in [0.2, 0.25) is 0 Å². The van der Waals surface area contributed by atoms with E-state index >= 15 is 0 Å². The molecule has 20 heavy (non-hydrogen) atoms. The molecule has 1 heterocycles. The predicted octanol–water partition coefficient (Wildman–Crippen LogP) is 1.98. The zero-order valence-corrected chi connectivity index (χ0v) is 11.7. The Morgan fingerprint density at radius 3 is 2.90 bits per heavy atom. The first kappa shape index (κ1) is 14.4. The number of benzene rings is 1. The number of carbonyl (C=O) groups excluding carboxylic acids is 1. The van der Waals surface area contributed by atoms with Crippen molar-refractivity contribution >= 4 is 22.5 Å². The van der Waals surface area contributed by atoms with E-state index in [1.165, 1.54) is 0 Å². The number of anilines is 1. The first-order valence-corrected chi connectivity index (χ1v) is 6.86. The number of hydrogen-bond donors (Lipinski definition) is 3. The van der Waals surface area contributed by atoms with Crippen LogP contribution in [0.25, 0.3) is 10.9 Å². The van der Waals surface area contributed by atoms with Crippen molar-refractivity contribution in [1.82, 2.24) is 9.88 Å². The monoisotopic (exact) mass is 275 g/mol. The molecule has 108 valence electrons. The Morgan fingerprint density at radius 2 is 2.15 bits per heavy atom. The highest BCUT2D eigenvalue weighted by Crippen LogP contribution is 2.21. The maximum atomic E-state index is 12.4. The van der Waals surface area contributed by atoms with Crippen LogP contribution in [0.3, 0.4) is 0 Å². The number of H-pyrrole nitrogens is 1. The molecule has 0 unspecified atom stereocenters. The van der Waals surface area contributed by atoms with Crippen LogP contribution in [0.1, 0.15) is 29.6 Å². The molecule has 0 saturated heterocycles. The summed E-state index contributed by atoms with van der Waals surface area (Å²) in [6, 6.07) is 5.50. The van der Waals surface area contributed by atoms with Gasteiger partial charge in [0, 0.05) is 43.0 Å². The van der Waals surface area contributed by atoms with E-state index < -0.39 is 0 Å². The molecule has 5 nitrogen and oxygen atoms in total. The van der Waals surface area contributed by atoms with Gasteiger partial charge in [-0.1, -0.05) is 0 Å². The molecular weight excluding hydrogens is 254 g/mol. The van der Waals surface area contributed by atoms with Crippen LogP contribution in [-0.2, 0) is 0 Å². The molecule has 1 aromatic heterocycles. The second kappa shape index (κ2) is 6.43. The minimum Gasteiger partial charge on any atom is -0.399 e. The van der Waals surface area contributed by atoms with Crippen LogP contribution in [0.4, 0.5) is 5.69 Å². The molecule has 0 spiro atoms. The van der Waals surface area contributed by atoms with Gasteiger partial charge >= 0.3 is 0 Å². The number of amides is 1. The predicted molar refractivity (Wildman–Crippen MR) is 80.6 cm³/mol. The minimum atomic E-state index is 0.00465. The van der Waals surface area contributed by atoms with E-state index in [4.69, 9.17) is 10.8 Å². The summed E-state index contributed by atoms with van der Waals surface area (Å²) in [5, 5.41) is 9.63. The molecule has 2 rings (SSSR count). The molecule has 2 aromatic rings. The molecule has 4 N–H and O–H groups in total. The van der Waals surface area contributed by atoms with E-state index in [9.17, 15) is 4.79 Å². The van der Waals surface area contributed by atoms with Gasteiger partial charge in [-0.3, -0.25) is 4.79 Å². The highest BCUT2D eigenvalue weighted by atomic mass is 16.2. The van der Waals surface area contributed by atoms with E-state index in [2.05, 4.69) is 4.98 Å². The van der Waals surface area contributed by atoms with Crippen LogP contribution < -0.4 is 5.73 Å². The van der Waals surface area contributed by atoms with Crippen molar-refractivity contribution < 1.29 is 9.90 Å². The van der Waals surface area contributed by atoms with Crippen LogP contribution >= 0.6 is 0 Å². The van der Waals surface area contributed by atoms with E-state index in [1.807, 2.05) is 12.1 Å². The summed E-state index contributed by atoms with van der Waals surface area (Å²) in [6.07, 6.45) is 4.35. The summed E-state index contributed by atoms with van der Waals surface area (Å²) < 4.78 is 0. The lowest BCUT2D eigenvalue weighted by atomic mass is 10.1. The molecule has 0 aliphatic heterocycles. The lowest BCUT2D eigenvalue weighted by Gasteiger charge is -2.16. The van der Waals surface area contributed by atoms with Gasteiger partial charge in [0.1, 0.15) is 0 Å². The van der Waals surface area contributed by atoms with Gasteiger partial charge in [-0.2, -0.15) is 0 Å². The van der Waals surface area contributed by atoms with Crippen molar-refractivity contribution in [2.75, 3.05) is 25.9 Å². The number of nitrogens with zero attached hydrogens (tertiary/aromatic N) is 1. The molecule has 0 aliphatic rings. The second-order valence-electron chi connectivity index (χ2n) is 5.02. The van der Waals surface area contributed by atoms with Gasteiger partial charge in [-0.05, 0) is 37.5 Å². The van der Waals surface area contributed by atoms with E-state index in [0.29, 0.717) is 17.8 Å². The number of fused-ring (bicyclic) bond motifs is 1. The van der Waals surface area contributed by atoms with Crippen molar-refractivity contribution in [2.24, 2.45) is 0 Å². The van der Waals surface area contributed by atoms with E-state index in [0.717, 1.165) is 30.2 Å². The standard InChI is InChI=1S/C15H21N3O2/c1-18(7-3-2-4-8-19)15(20)13-10-17-14-9-11(16)5-6-12(13)14/h5-6,9-10,17,19H,2-4,7-8,16H2,1H3. The zero-order chi connectivity index (χ0) is 14.5. The number of aromatic nitrogens is 1. The summed E-state index contributed by atoms with van der Waals surface area (Å²) in [4.78, 5) is 17.2. The Bertz CT molecular complexity index is 592. The lowest BCUT2D eigenvalue weighted by molar-refractivity contribution is 0.0794. The Labute approximate surface area is 118 Å². The van der Waals surface area contributed by atoms with Crippen molar-refractivity contribution in [3.63, 3.8) is 0 Å². The molecule has 0 aliphatic carbocycles. The van der Waals surface area contributed by atoms with Gasteiger partial charge < -0.3 is 20.7 Å². The van der Waals surface area contributed by atoms with E-state index in [-0.39, 0.29) is 12.5 Å². The Balaban J connectivity index is 2.07. The SMILES string of the molecule is CN(CCCCCO)C(=O)c1c[nH]c2cc(N)ccc12. The molecule has 0 radical (unpaired) electrons. The number of hydrogen-bond acceptors (Lipinski definition) is 3. The number of rotatable bonds is 6. The quantitative estimate of drug-likeness (QED) is 0.557. The molecule has 1 amide bonds. The Kier molecular flexibility index (Phi) is 4.63. The number of carbonyl (C=O) groups is 1. The van der Waals surface area contributed by atoms with Gasteiger partial charge in [0.05, 0.1) is 5.56 Å². The number of nitrogen functional groups attached to an aromatic ring is 1. The topological polar surface area (TPSA) is 82.3 Å². The van der Waals surface area contributed by atoms with Crippen molar-refractivity contribution in [2.45, 2.75) is 19.3 Å². The van der Waals surface area contributed by atoms with Crippen LogP contribution in [0.5, 0.6) is 0 Å². The first-order valence-electron chi connectivity index (χ1n) is 6.86. The highest BCUT2D eigenvalue weighted by molar-refractivity contribution is 6.07. The van der Waals surface area contributed by atoms with Crippen LogP contribution in [0.15, 0.2) is 24.4 Å². The summed E-state index contributed by atoms with van der Waals surface area (Å²) in [5.41, 5.74) is 7.95. The maximum absolute atomic E-state index is 12.4. The summed E-state index contributed by atoms with van der Waals surface area (Å²) in [7, 11) is 1.80. The molecule has 0 atom stereocenters. The third kappa shape index (κ3) is 3.11. The highest BCUT2D eigenvalue weighted by Gasteiger charge is 2.15. The van der Waals surface area contributed by atoms with Crippen molar-refractivity contribution in [3.8, 4) is 0 Å². The average molecular weight is 275 g/mol. The van der Waals surface area contributed by atoms with Crippen LogP contribution in [-0.4, -0.2) is 41.1 Å². The number of nitrogens with two attached hydrogens (primary N) is 1. The molecular formula is C15H21N3O2. The third-order valence-electron chi connectivity index (χ3n) is 3.43. The number of aliphatic hydroxyl groups is 1. The van der Waals surface area contributed by atoms with Crippen molar-refractivity contribution in [3.05, 3.63) is 30.0 Å². The van der Waals surface area contributed by atoms with Gasteiger partial charge in [0.25, 0.3) is 5.91 Å². The van der Waals surface area contributed by atoms with Gasteiger partial charge in [-0.25, -0.2) is 0 Å². The largest absolute Gasteiger partial charge is 0.399 e. The fourth-order valence-electron chi connectivity index (χ4n) is 2.27. The number of unbranched alkanes of at least 4 members (excludes halogenated alkanes) is 2. The van der Waals surface area contributed by atoms with Gasteiger partial charge in [0.15, 0.2) is 0 Å². The van der Waals surface area contributed by atoms with Crippen LogP contribution in [0, 0.1) is 0 Å². The number of nitrogens with one attached hydrogen (secondary N) is 1. The zero-order valence-electron chi connectivity index (χ0n) is 11.7. The maximum Gasteiger partial charge on any atom is 0.255 e. The molecule has 0 saturated carbocycles. The first-order chi connectivity index (χ1) is 9.63. The molecule has 0 bridgehead atoms. The molecule has 5 heteroatoms. The van der Waals surface area contributed by atoms with E-state index in [1.54, 1.807) is 24.2 Å². The number of aromatic amines is 1. The van der Waals surface area contributed by atoms with Gasteiger partial charge in [-0.15, -0.1) is 0 Å². The summed E-state index contributed by atoms with van der Waals surface area (Å²) >= 11 is 0. The minimum absolute atomic E-state index is 0.00465. The Hall–Kier alpha value is -2.01. The number of aliphatic hydroxyl groups excluding tert-OH is 1. The third-order valence-corrected chi connectivity index (χ3v) is 3.43. The summed E-state index contributed by atoms with van der Waals surface area (Å²) in [5.74, 6) is 0.00465. The average Bonchev–Trinajstić information content (AvgIpc) is 2.85. The summed E-state index contributed by atoms with van der Waals surface area (Å²) in [6.45, 7) is 0.905. The molecule has 1 aromatic carbocycles. The van der Waals surface area contributed by atoms with Crippen molar-refractivity contribution in [1.29, 1.82) is 0 Å². The smallest absolute Gasteiger partial charge is 0.255 e.